The van der Waals surface area contributed by atoms with E-state index in [2.05, 4.69) is 131 Å². The van der Waals surface area contributed by atoms with Crippen molar-refractivity contribution in [2.24, 2.45) is 5.92 Å². The van der Waals surface area contributed by atoms with Crippen LogP contribution in [0.4, 0.5) is 0 Å². The van der Waals surface area contributed by atoms with E-state index < -0.39 is 8.32 Å². The number of hydrogen-bond acceptors (Lipinski definition) is 1. The van der Waals surface area contributed by atoms with Gasteiger partial charge in [-0.1, -0.05) is 144 Å². The Hall–Kier alpha value is -2.60. The van der Waals surface area contributed by atoms with Crippen LogP contribution in [-0.2, 0) is 4.43 Å². The van der Waals surface area contributed by atoms with E-state index in [-0.39, 0.29) is 11.1 Å². The van der Waals surface area contributed by atoms with Crippen molar-refractivity contribution in [1.82, 2.24) is 0 Å². The maximum atomic E-state index is 7.26. The lowest BCUT2D eigenvalue weighted by Gasteiger charge is -2.44. The smallest absolute Gasteiger partial charge is 0.261 e. The lowest BCUT2D eigenvalue weighted by atomic mass is 10.1. The van der Waals surface area contributed by atoms with E-state index in [0.29, 0.717) is 12.3 Å². The normalized spacial score (nSPS) is 14.5. The SMILES string of the molecule is C/C=C/C=C/[C@@H](CC#C/C=C/[C@H](C)CC)O[Si](c1ccccc1)(c1ccccc1)C(C)(C)C. The summed E-state index contributed by atoms with van der Waals surface area (Å²) < 4.78 is 7.26. The van der Waals surface area contributed by atoms with Crippen LogP contribution in [-0.4, -0.2) is 14.4 Å². The maximum absolute atomic E-state index is 7.26. The van der Waals surface area contributed by atoms with Gasteiger partial charge in [0, 0.05) is 6.42 Å². The summed E-state index contributed by atoms with van der Waals surface area (Å²) in [7, 11) is -2.63. The molecule has 2 aromatic carbocycles. The molecule has 0 amide bonds. The van der Waals surface area contributed by atoms with Gasteiger partial charge in [-0.05, 0) is 34.3 Å². The topological polar surface area (TPSA) is 9.23 Å². The molecule has 0 bridgehead atoms. The summed E-state index contributed by atoms with van der Waals surface area (Å²) in [5, 5.41) is 2.52. The third-order valence-corrected chi connectivity index (χ3v) is 11.0. The number of benzene rings is 2. The standard InChI is InChI=1S/C31H40OSi/c1-7-9-13-21-28(22-15-10-14-20-27(3)8-2)32-33(31(4,5)6,29-23-16-11-17-24-29)30-25-18-12-19-26-30/h7,9,11-14,16-21,23-28H,8,22H2,1-6H3/b9-7+,20-14+,21-13+/t27-,28+/m1/s1. The highest BCUT2D eigenvalue weighted by Gasteiger charge is 2.51. The van der Waals surface area contributed by atoms with Crippen molar-refractivity contribution in [3.63, 3.8) is 0 Å². The third kappa shape index (κ3) is 7.46. The summed E-state index contributed by atoms with van der Waals surface area (Å²) in [5.74, 6) is 7.14. The van der Waals surface area contributed by atoms with Gasteiger partial charge < -0.3 is 4.43 Å². The molecule has 0 unspecified atom stereocenters. The second-order valence-electron chi connectivity index (χ2n) is 9.50. The lowest BCUT2D eigenvalue weighted by molar-refractivity contribution is 0.238. The van der Waals surface area contributed by atoms with Crippen LogP contribution in [0.25, 0.3) is 0 Å². The minimum atomic E-state index is -2.63. The van der Waals surface area contributed by atoms with E-state index >= 15 is 0 Å². The van der Waals surface area contributed by atoms with Crippen molar-refractivity contribution in [1.29, 1.82) is 0 Å². The molecule has 0 spiro atoms. The van der Waals surface area contributed by atoms with Crippen molar-refractivity contribution >= 4 is 18.7 Å². The van der Waals surface area contributed by atoms with Crippen LogP contribution in [0.15, 0.2) is 97.1 Å². The Morgan fingerprint density at radius 3 is 1.97 bits per heavy atom. The molecule has 1 nitrogen and oxygen atoms in total. The Morgan fingerprint density at radius 1 is 0.909 bits per heavy atom. The summed E-state index contributed by atoms with van der Waals surface area (Å²) in [4.78, 5) is 0. The summed E-state index contributed by atoms with van der Waals surface area (Å²) in [5.41, 5.74) is 0. The van der Waals surface area contributed by atoms with E-state index in [1.54, 1.807) is 0 Å². The zero-order valence-electron chi connectivity index (χ0n) is 21.2. The third-order valence-electron chi connectivity index (χ3n) is 5.93. The fourth-order valence-corrected chi connectivity index (χ4v) is 8.56. The Bertz CT molecular complexity index is 929. The highest BCUT2D eigenvalue weighted by molar-refractivity contribution is 6.99. The van der Waals surface area contributed by atoms with Gasteiger partial charge in [-0.3, -0.25) is 0 Å². The van der Waals surface area contributed by atoms with Gasteiger partial charge in [0.2, 0.25) is 0 Å². The quantitative estimate of drug-likeness (QED) is 0.223. The molecule has 0 saturated carbocycles. The van der Waals surface area contributed by atoms with Gasteiger partial charge in [0.25, 0.3) is 8.32 Å². The zero-order chi connectivity index (χ0) is 24.2. The highest BCUT2D eigenvalue weighted by Crippen LogP contribution is 2.38. The Balaban J connectivity index is 2.53. The zero-order valence-corrected chi connectivity index (χ0v) is 22.2. The Morgan fingerprint density at radius 2 is 1.48 bits per heavy atom. The molecule has 0 saturated heterocycles. The number of rotatable bonds is 9. The molecule has 33 heavy (non-hydrogen) atoms. The summed E-state index contributed by atoms with van der Waals surface area (Å²) in [6.07, 6.45) is 14.2. The fraction of sp³-hybridized carbons (Fsp3) is 0.355. The summed E-state index contributed by atoms with van der Waals surface area (Å²) >= 11 is 0. The Kier molecular flexibility index (Phi) is 10.6. The second-order valence-corrected chi connectivity index (χ2v) is 13.8. The van der Waals surface area contributed by atoms with E-state index in [1.165, 1.54) is 10.4 Å². The van der Waals surface area contributed by atoms with Gasteiger partial charge >= 0.3 is 0 Å². The van der Waals surface area contributed by atoms with Gasteiger partial charge in [-0.2, -0.15) is 0 Å². The van der Waals surface area contributed by atoms with Gasteiger partial charge in [-0.25, -0.2) is 0 Å². The fourth-order valence-electron chi connectivity index (χ4n) is 3.93. The van der Waals surface area contributed by atoms with E-state index in [0.717, 1.165) is 6.42 Å². The van der Waals surface area contributed by atoms with Gasteiger partial charge in [0.15, 0.2) is 0 Å². The first-order valence-corrected chi connectivity index (χ1v) is 14.0. The first kappa shape index (κ1) is 26.6. The minimum Gasteiger partial charge on any atom is -0.400 e. The first-order valence-electron chi connectivity index (χ1n) is 12.1. The molecule has 0 aromatic heterocycles. The molecule has 2 rings (SSSR count). The molecular formula is C31H40OSi. The second kappa shape index (κ2) is 13.2. The summed E-state index contributed by atoms with van der Waals surface area (Å²) in [6, 6.07) is 21.6. The van der Waals surface area contributed by atoms with Crippen LogP contribution >= 0.6 is 0 Å². The van der Waals surface area contributed by atoms with E-state index in [4.69, 9.17) is 4.43 Å². The molecule has 0 fully saturated rings. The molecular weight excluding hydrogens is 416 g/mol. The van der Waals surface area contributed by atoms with Crippen molar-refractivity contribution < 1.29 is 4.43 Å². The average molecular weight is 457 g/mol. The molecule has 0 aliphatic carbocycles. The molecule has 0 aliphatic rings. The summed E-state index contributed by atoms with van der Waals surface area (Å²) in [6.45, 7) is 13.4. The molecule has 2 atom stereocenters. The van der Waals surface area contributed by atoms with Crippen molar-refractivity contribution in [3.05, 3.63) is 97.1 Å². The average Bonchev–Trinajstić information content (AvgIpc) is 2.82. The van der Waals surface area contributed by atoms with Crippen molar-refractivity contribution in [2.75, 3.05) is 0 Å². The van der Waals surface area contributed by atoms with Crippen molar-refractivity contribution in [3.8, 4) is 11.8 Å². The molecule has 0 heterocycles. The molecule has 0 aliphatic heterocycles. The van der Waals surface area contributed by atoms with E-state index in [1.807, 2.05) is 19.1 Å². The van der Waals surface area contributed by atoms with Crippen LogP contribution in [0.1, 0.15) is 54.4 Å². The number of hydrogen-bond donors (Lipinski definition) is 0. The Labute approximate surface area is 203 Å². The molecule has 174 valence electrons. The molecule has 2 heteroatoms. The van der Waals surface area contributed by atoms with Gasteiger partial charge in [0.05, 0.1) is 6.10 Å². The van der Waals surface area contributed by atoms with Crippen LogP contribution in [0.3, 0.4) is 0 Å². The number of allylic oxidation sites excluding steroid dienone is 5. The van der Waals surface area contributed by atoms with Gasteiger partial charge in [-0.15, -0.1) is 0 Å². The lowest BCUT2D eigenvalue weighted by Crippen LogP contribution is -2.67. The maximum Gasteiger partial charge on any atom is 0.261 e. The van der Waals surface area contributed by atoms with Crippen LogP contribution in [0, 0.1) is 17.8 Å². The monoisotopic (exact) mass is 456 g/mol. The van der Waals surface area contributed by atoms with Crippen LogP contribution < -0.4 is 10.4 Å². The highest BCUT2D eigenvalue weighted by atomic mass is 28.4. The molecule has 0 radical (unpaired) electrons. The molecule has 2 aromatic rings. The van der Waals surface area contributed by atoms with Crippen LogP contribution in [0.2, 0.25) is 5.04 Å². The largest absolute Gasteiger partial charge is 0.400 e. The van der Waals surface area contributed by atoms with Crippen molar-refractivity contribution in [2.45, 2.75) is 65.5 Å². The van der Waals surface area contributed by atoms with Gasteiger partial charge in [0.1, 0.15) is 0 Å². The first-order chi connectivity index (χ1) is 15.8. The predicted molar refractivity (Wildman–Crippen MR) is 147 cm³/mol. The predicted octanol–water partition coefficient (Wildman–Crippen LogP) is 7.06. The molecule has 0 N–H and O–H groups in total. The minimum absolute atomic E-state index is 0.0632. The van der Waals surface area contributed by atoms with E-state index in [9.17, 15) is 0 Å². The van der Waals surface area contributed by atoms with Crippen LogP contribution in [0.5, 0.6) is 0 Å².